The Morgan fingerprint density at radius 2 is 1.38 bits per heavy atom. The Morgan fingerprint density at radius 1 is 0.821 bits per heavy atom. The minimum atomic E-state index is -3.84. The highest BCUT2D eigenvalue weighted by atomic mass is 32.2. The summed E-state index contributed by atoms with van der Waals surface area (Å²) >= 11 is 0. The van der Waals surface area contributed by atoms with E-state index in [0.717, 1.165) is 34.7 Å². The quantitative estimate of drug-likeness (QED) is 0.183. The molecule has 0 N–H and O–H groups in total. The van der Waals surface area contributed by atoms with E-state index < -0.39 is 21.9 Å². The van der Waals surface area contributed by atoms with Gasteiger partial charge in [0.25, 0.3) is 5.91 Å². The summed E-state index contributed by atoms with van der Waals surface area (Å²) in [5.74, 6) is 5.37. The van der Waals surface area contributed by atoms with Gasteiger partial charge in [-0.05, 0) is 79.4 Å². The second-order valence-electron chi connectivity index (χ2n) is 8.88. The third-order valence-corrected chi connectivity index (χ3v) is 7.62. The van der Waals surface area contributed by atoms with E-state index >= 15 is 0 Å². The predicted octanol–water partition coefficient (Wildman–Crippen LogP) is 5.32. The van der Waals surface area contributed by atoms with Gasteiger partial charge in [0.05, 0.1) is 12.3 Å². The van der Waals surface area contributed by atoms with E-state index in [9.17, 15) is 18.0 Å². The minimum Gasteiger partial charge on any atom is -0.457 e. The third kappa shape index (κ3) is 9.01. The summed E-state index contributed by atoms with van der Waals surface area (Å²) in [5.41, 5.74) is 3.76. The van der Waals surface area contributed by atoms with Gasteiger partial charge in [0.1, 0.15) is 5.75 Å². The van der Waals surface area contributed by atoms with Gasteiger partial charge in [-0.15, -0.1) is 0 Å². The number of hydrogen-bond acceptors (Lipinski definition) is 6. The van der Waals surface area contributed by atoms with Crippen LogP contribution in [0, 0.1) is 11.8 Å². The maximum absolute atomic E-state index is 13.3. The molecular formula is C31H33NO6S. The summed E-state index contributed by atoms with van der Waals surface area (Å²) in [4.78, 5) is 24.1. The molecule has 0 saturated carbocycles. The van der Waals surface area contributed by atoms with Crippen LogP contribution in [0.2, 0.25) is 0 Å². The average Bonchev–Trinajstić information content (AvgIpc) is 2.94. The van der Waals surface area contributed by atoms with Crippen molar-refractivity contribution in [1.82, 2.24) is 4.31 Å². The lowest BCUT2D eigenvalue weighted by Crippen LogP contribution is -2.37. The van der Waals surface area contributed by atoms with Gasteiger partial charge in [-0.1, -0.05) is 49.5 Å². The summed E-state index contributed by atoms with van der Waals surface area (Å²) in [5, 5.41) is 0. The van der Waals surface area contributed by atoms with Crippen molar-refractivity contribution in [2.75, 3.05) is 12.5 Å². The van der Waals surface area contributed by atoms with Crippen LogP contribution in [-0.4, -0.2) is 37.1 Å². The molecule has 0 fully saturated rings. The molecule has 0 aliphatic carbocycles. The molecule has 8 heteroatoms. The van der Waals surface area contributed by atoms with Gasteiger partial charge >= 0.3 is 5.97 Å². The normalized spacial score (nSPS) is 10.7. The van der Waals surface area contributed by atoms with Crippen LogP contribution in [0.15, 0.2) is 72.8 Å². The number of unbranched alkanes of at least 4 members (excludes halogenated alkanes) is 1. The van der Waals surface area contributed by atoms with Crippen LogP contribution in [0.1, 0.15) is 66.2 Å². The van der Waals surface area contributed by atoms with E-state index in [1.54, 1.807) is 48.5 Å². The largest absolute Gasteiger partial charge is 0.457 e. The number of sulfonamides is 1. The summed E-state index contributed by atoms with van der Waals surface area (Å²) in [6.45, 7) is 4.59. The second kappa shape index (κ2) is 14.2. The highest BCUT2D eigenvalue weighted by molar-refractivity contribution is 7.89. The van der Waals surface area contributed by atoms with E-state index in [0.29, 0.717) is 11.3 Å². The number of amides is 1. The fraction of sp³-hybridized carbons (Fsp3) is 0.290. The number of esters is 1. The molecule has 0 radical (unpaired) electrons. The van der Waals surface area contributed by atoms with Crippen LogP contribution in [0.25, 0.3) is 0 Å². The smallest absolute Gasteiger partial charge is 0.305 e. The fourth-order valence-corrected chi connectivity index (χ4v) is 4.63. The Hall–Kier alpha value is -4.09. The van der Waals surface area contributed by atoms with Gasteiger partial charge in [0.15, 0.2) is 0 Å². The van der Waals surface area contributed by atoms with Crippen molar-refractivity contribution in [3.63, 3.8) is 0 Å². The monoisotopic (exact) mass is 547 g/mol. The fourth-order valence-electron chi connectivity index (χ4n) is 3.61. The van der Waals surface area contributed by atoms with Gasteiger partial charge in [0, 0.05) is 23.6 Å². The number of carbonyl (C=O) groups is 2. The lowest BCUT2D eigenvalue weighted by molar-refractivity contribution is -0.147. The maximum atomic E-state index is 13.3. The zero-order chi connectivity index (χ0) is 28.3. The first-order valence-electron chi connectivity index (χ1n) is 12.8. The number of aryl methyl sites for hydroxylation is 1. The summed E-state index contributed by atoms with van der Waals surface area (Å²) in [6, 6.07) is 21.3. The Bertz CT molecular complexity index is 1420. The minimum absolute atomic E-state index is 0.130. The van der Waals surface area contributed by atoms with E-state index in [-0.39, 0.29) is 24.7 Å². The molecule has 0 unspecified atom stereocenters. The number of nitrogens with zero attached hydrogens (tertiary/aromatic N) is 1. The molecule has 0 aliphatic heterocycles. The molecule has 3 aromatic carbocycles. The van der Waals surface area contributed by atoms with Gasteiger partial charge in [-0.2, -0.15) is 0 Å². The molecule has 204 valence electrons. The van der Waals surface area contributed by atoms with Crippen molar-refractivity contribution in [2.45, 2.75) is 46.6 Å². The van der Waals surface area contributed by atoms with Crippen molar-refractivity contribution < 1.29 is 27.5 Å². The van der Waals surface area contributed by atoms with Gasteiger partial charge in [0.2, 0.25) is 16.8 Å². The highest BCUT2D eigenvalue weighted by Gasteiger charge is 2.27. The Kier molecular flexibility index (Phi) is 10.7. The number of carbonyl (C=O) groups excluding carboxylic acids is 2. The average molecular weight is 548 g/mol. The standard InChI is InChI=1S/C31H33NO6S/c1-4-6-7-25-8-10-26(11-9-25)12-13-27-14-18-29(19-15-27)31(34)32(39(35,36)5-2)22-28-16-20-30(21-17-28)38-23-37-24(3)33/h8-11,14-21H,4-7,22-23H2,1-3H3. The van der Waals surface area contributed by atoms with Gasteiger partial charge < -0.3 is 9.47 Å². The predicted molar refractivity (Wildman–Crippen MR) is 151 cm³/mol. The van der Waals surface area contributed by atoms with E-state index in [1.165, 1.54) is 19.4 Å². The van der Waals surface area contributed by atoms with Crippen molar-refractivity contribution in [1.29, 1.82) is 0 Å². The van der Waals surface area contributed by atoms with E-state index in [1.807, 2.05) is 12.1 Å². The lowest BCUT2D eigenvalue weighted by atomic mass is 10.1. The Balaban J connectivity index is 1.70. The molecule has 0 heterocycles. The Morgan fingerprint density at radius 3 is 1.92 bits per heavy atom. The van der Waals surface area contributed by atoms with Crippen molar-refractivity contribution in [2.24, 2.45) is 0 Å². The molecule has 39 heavy (non-hydrogen) atoms. The lowest BCUT2D eigenvalue weighted by Gasteiger charge is -2.22. The van der Waals surface area contributed by atoms with Crippen molar-refractivity contribution in [3.8, 4) is 17.6 Å². The SMILES string of the molecule is CCCCc1ccc(C#Cc2ccc(C(=O)N(Cc3ccc(OCOC(C)=O)cc3)S(=O)(=O)CC)cc2)cc1. The topological polar surface area (TPSA) is 90.0 Å². The highest BCUT2D eigenvalue weighted by Crippen LogP contribution is 2.19. The summed E-state index contributed by atoms with van der Waals surface area (Å²) < 4.78 is 36.5. The molecule has 0 bridgehead atoms. The van der Waals surface area contributed by atoms with E-state index in [4.69, 9.17) is 9.47 Å². The molecule has 0 atom stereocenters. The molecule has 0 aromatic heterocycles. The molecule has 1 amide bonds. The van der Waals surface area contributed by atoms with Crippen LogP contribution < -0.4 is 4.74 Å². The second-order valence-corrected chi connectivity index (χ2v) is 11.1. The van der Waals surface area contributed by atoms with Crippen LogP contribution >= 0.6 is 0 Å². The molecule has 0 saturated heterocycles. The van der Waals surface area contributed by atoms with Gasteiger partial charge in [-0.3, -0.25) is 9.59 Å². The van der Waals surface area contributed by atoms with Crippen molar-refractivity contribution >= 4 is 21.9 Å². The number of rotatable bonds is 11. The Labute approximate surface area is 230 Å². The zero-order valence-electron chi connectivity index (χ0n) is 22.5. The molecular weight excluding hydrogens is 514 g/mol. The molecule has 0 aliphatic rings. The zero-order valence-corrected chi connectivity index (χ0v) is 23.3. The number of benzene rings is 3. The first kappa shape index (κ1) is 29.5. The van der Waals surface area contributed by atoms with Crippen LogP contribution in [0.3, 0.4) is 0 Å². The number of hydrogen-bond donors (Lipinski definition) is 0. The first-order valence-corrected chi connectivity index (χ1v) is 14.4. The molecule has 0 spiro atoms. The summed E-state index contributed by atoms with van der Waals surface area (Å²) in [7, 11) is -3.84. The molecule has 3 aromatic rings. The third-order valence-electron chi connectivity index (χ3n) is 5.92. The molecule has 7 nitrogen and oxygen atoms in total. The van der Waals surface area contributed by atoms with Crippen molar-refractivity contribution in [3.05, 3.63) is 101 Å². The van der Waals surface area contributed by atoms with E-state index in [2.05, 4.69) is 30.9 Å². The summed E-state index contributed by atoms with van der Waals surface area (Å²) in [6.07, 6.45) is 3.38. The van der Waals surface area contributed by atoms with Crippen LogP contribution in [-0.2, 0) is 32.5 Å². The van der Waals surface area contributed by atoms with Gasteiger partial charge in [-0.25, -0.2) is 12.7 Å². The first-order chi connectivity index (χ1) is 18.7. The maximum Gasteiger partial charge on any atom is 0.305 e. The molecule has 3 rings (SSSR count). The van der Waals surface area contributed by atoms with Crippen LogP contribution in [0.5, 0.6) is 5.75 Å². The van der Waals surface area contributed by atoms with Crippen LogP contribution in [0.4, 0.5) is 0 Å². The number of ether oxygens (including phenoxy) is 2.